The van der Waals surface area contributed by atoms with Gasteiger partial charge in [0.2, 0.25) is 0 Å². The maximum atomic E-state index is 3.55. The van der Waals surface area contributed by atoms with Crippen molar-refractivity contribution in [2.75, 3.05) is 30.0 Å². The number of para-hydroxylation sites is 2. The Morgan fingerprint density at radius 3 is 2.56 bits per heavy atom. The molecule has 136 valence electrons. The summed E-state index contributed by atoms with van der Waals surface area (Å²) >= 11 is 0. The second kappa shape index (κ2) is 6.00. The Balaban J connectivity index is 1.21. The smallest absolute Gasteiger partial charge is 0.0880 e. The first-order chi connectivity index (χ1) is 13.4. The van der Waals surface area contributed by atoms with Crippen LogP contribution in [0.3, 0.4) is 0 Å². The topological polar surface area (TPSA) is 18.5 Å². The van der Waals surface area contributed by atoms with Crippen LogP contribution in [0.5, 0.6) is 0 Å². The van der Waals surface area contributed by atoms with Gasteiger partial charge < -0.3 is 10.2 Å². The van der Waals surface area contributed by atoms with E-state index in [0.29, 0.717) is 12.1 Å². The molecule has 2 heterocycles. The predicted octanol–water partition coefficient (Wildman–Crippen LogP) is 4.79. The van der Waals surface area contributed by atoms with Crippen molar-refractivity contribution in [1.29, 1.82) is 0 Å². The minimum Gasteiger partial charge on any atom is -0.366 e. The van der Waals surface area contributed by atoms with Crippen molar-refractivity contribution in [3.63, 3.8) is 0 Å². The molecule has 1 aliphatic carbocycles. The van der Waals surface area contributed by atoms with Crippen molar-refractivity contribution in [1.82, 2.24) is 4.90 Å². The van der Waals surface area contributed by atoms with Gasteiger partial charge in [-0.25, -0.2) is 0 Å². The molecule has 0 amide bonds. The second-order valence-electron chi connectivity index (χ2n) is 8.17. The van der Waals surface area contributed by atoms with E-state index in [2.05, 4.69) is 75.8 Å². The quantitative estimate of drug-likeness (QED) is 0.713. The summed E-state index contributed by atoms with van der Waals surface area (Å²) < 4.78 is 0. The first-order valence-corrected chi connectivity index (χ1v) is 10.2. The van der Waals surface area contributed by atoms with Crippen molar-refractivity contribution >= 4 is 22.1 Å². The van der Waals surface area contributed by atoms with Gasteiger partial charge >= 0.3 is 0 Å². The van der Waals surface area contributed by atoms with Crippen LogP contribution in [0, 0.1) is 0 Å². The summed E-state index contributed by atoms with van der Waals surface area (Å²) in [5, 5.41) is 6.47. The van der Waals surface area contributed by atoms with Crippen LogP contribution < -0.4 is 10.2 Å². The Labute approximate surface area is 160 Å². The molecule has 0 spiro atoms. The highest BCUT2D eigenvalue weighted by Crippen LogP contribution is 2.42. The van der Waals surface area contributed by atoms with E-state index in [9.17, 15) is 0 Å². The number of hydrogen-bond donors (Lipinski definition) is 1. The third-order valence-corrected chi connectivity index (χ3v) is 6.83. The fourth-order valence-electron chi connectivity index (χ4n) is 5.51. The van der Waals surface area contributed by atoms with Crippen LogP contribution in [0.1, 0.15) is 30.0 Å². The van der Waals surface area contributed by atoms with Crippen LogP contribution in [0.15, 0.2) is 60.7 Å². The molecule has 3 aromatic carbocycles. The molecule has 0 saturated carbocycles. The van der Waals surface area contributed by atoms with Crippen LogP contribution >= 0.6 is 0 Å². The zero-order chi connectivity index (χ0) is 17.8. The molecule has 1 atom stereocenters. The first-order valence-electron chi connectivity index (χ1n) is 10.2. The molecular weight excluding hydrogens is 330 g/mol. The Hall–Kier alpha value is -2.52. The molecule has 3 aliphatic rings. The Kier molecular flexibility index (Phi) is 3.45. The lowest BCUT2D eigenvalue weighted by Crippen LogP contribution is -2.46. The van der Waals surface area contributed by atoms with Gasteiger partial charge in [-0.1, -0.05) is 48.5 Å². The Bertz CT molecular complexity index is 998. The van der Waals surface area contributed by atoms with Crippen molar-refractivity contribution in [2.45, 2.75) is 31.3 Å². The van der Waals surface area contributed by atoms with E-state index in [1.165, 1.54) is 60.1 Å². The zero-order valence-corrected chi connectivity index (χ0v) is 15.6. The van der Waals surface area contributed by atoms with Gasteiger partial charge in [0.1, 0.15) is 0 Å². The number of nitrogens with zero attached hydrogens (tertiary/aromatic N) is 2. The number of fused-ring (bicyclic) bond motifs is 1. The molecule has 1 fully saturated rings. The van der Waals surface area contributed by atoms with Crippen LogP contribution in [0.2, 0.25) is 0 Å². The summed E-state index contributed by atoms with van der Waals surface area (Å²) in [4.78, 5) is 5.32. The minimum atomic E-state index is 0.566. The van der Waals surface area contributed by atoms with Gasteiger partial charge in [-0.3, -0.25) is 4.90 Å². The monoisotopic (exact) mass is 355 g/mol. The van der Waals surface area contributed by atoms with Gasteiger partial charge in [-0.15, -0.1) is 0 Å². The van der Waals surface area contributed by atoms with Crippen molar-refractivity contribution in [3.8, 4) is 0 Å². The van der Waals surface area contributed by atoms with Gasteiger partial charge in [-0.2, -0.15) is 0 Å². The van der Waals surface area contributed by atoms with Gasteiger partial charge in [-0.05, 0) is 53.3 Å². The summed E-state index contributed by atoms with van der Waals surface area (Å²) in [6.45, 7) is 3.34. The zero-order valence-electron chi connectivity index (χ0n) is 15.6. The maximum absolute atomic E-state index is 3.55. The van der Waals surface area contributed by atoms with Gasteiger partial charge in [0.25, 0.3) is 0 Å². The first kappa shape index (κ1) is 15.5. The number of piperidine rings is 1. The number of nitrogens with one attached hydrogen (secondary N) is 1. The summed E-state index contributed by atoms with van der Waals surface area (Å²) in [7, 11) is 0. The highest BCUT2D eigenvalue weighted by molar-refractivity contribution is 5.91. The maximum Gasteiger partial charge on any atom is 0.0880 e. The molecule has 6 rings (SSSR count). The van der Waals surface area contributed by atoms with E-state index in [1.807, 2.05) is 0 Å². The molecule has 1 saturated heterocycles. The number of likely N-dealkylation sites (tertiary alicyclic amines) is 1. The third kappa shape index (κ3) is 2.38. The van der Waals surface area contributed by atoms with E-state index >= 15 is 0 Å². The van der Waals surface area contributed by atoms with E-state index in [0.717, 1.165) is 6.67 Å². The van der Waals surface area contributed by atoms with E-state index in [1.54, 1.807) is 5.56 Å². The summed E-state index contributed by atoms with van der Waals surface area (Å²) in [5.41, 5.74) is 5.76. The fraction of sp³-hybridized carbons (Fsp3) is 0.333. The fourth-order valence-corrected chi connectivity index (χ4v) is 5.51. The second-order valence-corrected chi connectivity index (χ2v) is 8.17. The number of hydrogen-bond acceptors (Lipinski definition) is 3. The van der Waals surface area contributed by atoms with Crippen LogP contribution in [0.25, 0.3) is 10.8 Å². The van der Waals surface area contributed by atoms with Crippen molar-refractivity contribution in [3.05, 3.63) is 71.8 Å². The molecule has 27 heavy (non-hydrogen) atoms. The number of benzene rings is 3. The molecule has 3 nitrogen and oxygen atoms in total. The molecule has 3 aromatic rings. The van der Waals surface area contributed by atoms with E-state index in [-0.39, 0.29) is 0 Å². The van der Waals surface area contributed by atoms with E-state index < -0.39 is 0 Å². The minimum absolute atomic E-state index is 0.566. The summed E-state index contributed by atoms with van der Waals surface area (Å²) in [5.74, 6) is 0. The normalized spacial score (nSPS) is 22.2. The highest BCUT2D eigenvalue weighted by atomic mass is 15.3. The highest BCUT2D eigenvalue weighted by Gasteiger charge is 2.34. The van der Waals surface area contributed by atoms with Gasteiger partial charge in [0, 0.05) is 25.2 Å². The third-order valence-electron chi connectivity index (χ3n) is 6.83. The van der Waals surface area contributed by atoms with Crippen LogP contribution in [0.4, 0.5) is 11.4 Å². The predicted molar refractivity (Wildman–Crippen MR) is 112 cm³/mol. The Morgan fingerprint density at radius 1 is 0.852 bits per heavy atom. The largest absolute Gasteiger partial charge is 0.366 e. The van der Waals surface area contributed by atoms with Gasteiger partial charge in [0.05, 0.1) is 18.0 Å². The lowest BCUT2D eigenvalue weighted by atomic mass is 9.98. The summed E-state index contributed by atoms with van der Waals surface area (Å²) in [6.07, 6.45) is 3.67. The van der Waals surface area contributed by atoms with Crippen molar-refractivity contribution < 1.29 is 0 Å². The Morgan fingerprint density at radius 2 is 1.67 bits per heavy atom. The van der Waals surface area contributed by atoms with E-state index in [4.69, 9.17) is 0 Å². The molecule has 0 bridgehead atoms. The lowest BCUT2D eigenvalue weighted by molar-refractivity contribution is 0.154. The SMILES string of the molecule is c1ccc2c(c1)NCN2C1CCN([C@H]2Cc3cccc4cccc2c34)CC1. The molecule has 1 N–H and O–H groups in total. The van der Waals surface area contributed by atoms with Crippen LogP contribution in [-0.4, -0.2) is 30.7 Å². The molecule has 3 heteroatoms. The molecule has 2 aliphatic heterocycles. The average Bonchev–Trinajstić information content (AvgIpc) is 3.32. The number of anilines is 2. The molecule has 0 aromatic heterocycles. The number of rotatable bonds is 2. The standard InChI is InChI=1S/C24H25N3/c1-2-10-22-21(9-1)25-16-27(22)19-11-13-26(14-12-19)23-15-18-7-3-5-17-6-4-8-20(23)24(17)18/h1-10,19,23,25H,11-16H2/t23-/m0/s1. The molecular formula is C24H25N3. The lowest BCUT2D eigenvalue weighted by Gasteiger charge is -2.40. The molecule has 0 radical (unpaired) electrons. The molecule has 0 unspecified atom stereocenters. The summed E-state index contributed by atoms with van der Waals surface area (Å²) in [6, 6.07) is 23.6. The van der Waals surface area contributed by atoms with Gasteiger partial charge in [0.15, 0.2) is 0 Å². The van der Waals surface area contributed by atoms with Crippen molar-refractivity contribution in [2.24, 2.45) is 0 Å². The average molecular weight is 355 g/mol. The van der Waals surface area contributed by atoms with Crippen LogP contribution in [-0.2, 0) is 6.42 Å².